The maximum absolute atomic E-state index is 12.2. The highest BCUT2D eigenvalue weighted by Crippen LogP contribution is 2.36. The summed E-state index contributed by atoms with van der Waals surface area (Å²) in [6.45, 7) is 2.19. The van der Waals surface area contributed by atoms with Crippen LogP contribution in [0.15, 0.2) is 18.2 Å². The van der Waals surface area contributed by atoms with Crippen LogP contribution in [0, 0.1) is 0 Å². The van der Waals surface area contributed by atoms with Crippen molar-refractivity contribution in [2.24, 2.45) is 0 Å². The van der Waals surface area contributed by atoms with Crippen LogP contribution < -0.4 is 15.4 Å². The molecule has 0 spiro atoms. The fourth-order valence-electron chi connectivity index (χ4n) is 2.76. The van der Waals surface area contributed by atoms with Crippen molar-refractivity contribution >= 4 is 6.03 Å². The number of aliphatic hydroxyl groups is 1. The van der Waals surface area contributed by atoms with Gasteiger partial charge in [-0.2, -0.15) is 13.2 Å². The van der Waals surface area contributed by atoms with Gasteiger partial charge in [-0.25, -0.2) is 4.79 Å². The standard InChI is InChI=1S/C16H21F3N2O3/c1-2-24-13-5-3-4-10-11(13)6-7-12(10)21-15(23)20-9-8-14(22)16(17,18)19/h3-5,12,14,22H,2,6-9H2,1H3,(H2,20,21,23)/t12-,14+/m1/s1. The number of hydrogen-bond acceptors (Lipinski definition) is 3. The highest BCUT2D eigenvalue weighted by Gasteiger charge is 2.37. The minimum Gasteiger partial charge on any atom is -0.494 e. The van der Waals surface area contributed by atoms with Gasteiger partial charge in [0, 0.05) is 6.54 Å². The van der Waals surface area contributed by atoms with Gasteiger partial charge in [0.05, 0.1) is 12.6 Å². The number of hydrogen-bond donors (Lipinski definition) is 3. The quantitative estimate of drug-likeness (QED) is 0.742. The fraction of sp³-hybridized carbons (Fsp3) is 0.562. The van der Waals surface area contributed by atoms with Crippen LogP contribution in [0.4, 0.5) is 18.0 Å². The Morgan fingerprint density at radius 2 is 2.21 bits per heavy atom. The molecule has 24 heavy (non-hydrogen) atoms. The maximum Gasteiger partial charge on any atom is 0.414 e. The van der Waals surface area contributed by atoms with Crippen molar-refractivity contribution in [3.63, 3.8) is 0 Å². The lowest BCUT2D eigenvalue weighted by molar-refractivity contribution is -0.204. The van der Waals surface area contributed by atoms with Crippen LogP contribution in [0.1, 0.15) is 36.9 Å². The van der Waals surface area contributed by atoms with E-state index in [-0.39, 0.29) is 12.6 Å². The van der Waals surface area contributed by atoms with Crippen LogP contribution in [0.3, 0.4) is 0 Å². The molecule has 1 aliphatic carbocycles. The molecule has 0 saturated carbocycles. The lowest BCUT2D eigenvalue weighted by atomic mass is 10.1. The fourth-order valence-corrected chi connectivity index (χ4v) is 2.76. The Morgan fingerprint density at radius 1 is 1.46 bits per heavy atom. The molecule has 134 valence electrons. The first-order chi connectivity index (χ1) is 11.3. The third-order valence-corrected chi connectivity index (χ3v) is 3.91. The average Bonchev–Trinajstić information content (AvgIpc) is 2.91. The number of carbonyl (C=O) groups excluding carboxylic acids is 1. The third kappa shape index (κ3) is 4.53. The van der Waals surface area contributed by atoms with Crippen molar-refractivity contribution in [3.8, 4) is 5.75 Å². The second-order valence-corrected chi connectivity index (χ2v) is 5.59. The minimum absolute atomic E-state index is 0.201. The van der Waals surface area contributed by atoms with Crippen molar-refractivity contribution in [2.75, 3.05) is 13.2 Å². The van der Waals surface area contributed by atoms with Crippen LogP contribution in [0.2, 0.25) is 0 Å². The molecule has 0 bridgehead atoms. The van der Waals surface area contributed by atoms with Crippen molar-refractivity contribution < 1.29 is 27.8 Å². The van der Waals surface area contributed by atoms with Crippen LogP contribution in [-0.2, 0) is 6.42 Å². The molecular formula is C16H21F3N2O3. The molecule has 2 rings (SSSR count). The van der Waals surface area contributed by atoms with Gasteiger partial charge < -0.3 is 20.5 Å². The summed E-state index contributed by atoms with van der Waals surface area (Å²) in [7, 11) is 0. The normalized spacial score (nSPS) is 18.0. The number of ether oxygens (including phenoxy) is 1. The first kappa shape index (κ1) is 18.4. The zero-order chi connectivity index (χ0) is 17.7. The van der Waals surface area contributed by atoms with E-state index in [1.807, 2.05) is 25.1 Å². The number of rotatable bonds is 6. The number of alkyl halides is 3. The average molecular weight is 346 g/mol. The van der Waals surface area contributed by atoms with Gasteiger partial charge in [-0.3, -0.25) is 0 Å². The Kier molecular flexibility index (Phi) is 5.93. The Bertz CT molecular complexity index is 578. The topological polar surface area (TPSA) is 70.6 Å². The Labute approximate surface area is 138 Å². The Hall–Kier alpha value is -1.96. The van der Waals surface area contributed by atoms with Crippen molar-refractivity contribution in [1.29, 1.82) is 0 Å². The molecule has 8 heteroatoms. The SMILES string of the molecule is CCOc1cccc2c1CC[C@H]2NC(=O)NCC[C@H](O)C(F)(F)F. The van der Waals surface area contributed by atoms with E-state index in [9.17, 15) is 18.0 Å². The summed E-state index contributed by atoms with van der Waals surface area (Å²) in [4.78, 5) is 11.8. The second kappa shape index (κ2) is 7.74. The number of carbonyl (C=O) groups is 1. The van der Waals surface area contributed by atoms with Crippen molar-refractivity contribution in [3.05, 3.63) is 29.3 Å². The maximum atomic E-state index is 12.2. The van der Waals surface area contributed by atoms with E-state index in [0.29, 0.717) is 13.0 Å². The van der Waals surface area contributed by atoms with E-state index in [0.717, 1.165) is 23.3 Å². The summed E-state index contributed by atoms with van der Waals surface area (Å²) in [6, 6.07) is 4.88. The number of aliphatic hydroxyl groups excluding tert-OH is 1. The smallest absolute Gasteiger partial charge is 0.414 e. The Morgan fingerprint density at radius 3 is 2.88 bits per heavy atom. The monoisotopic (exact) mass is 346 g/mol. The van der Waals surface area contributed by atoms with Gasteiger partial charge in [0.25, 0.3) is 0 Å². The molecule has 5 nitrogen and oxygen atoms in total. The van der Waals surface area contributed by atoms with Crippen LogP contribution >= 0.6 is 0 Å². The Balaban J connectivity index is 1.86. The minimum atomic E-state index is -4.67. The highest BCUT2D eigenvalue weighted by molar-refractivity contribution is 5.74. The van der Waals surface area contributed by atoms with Gasteiger partial charge in [-0.15, -0.1) is 0 Å². The lowest BCUT2D eigenvalue weighted by Gasteiger charge is -2.17. The molecule has 1 aliphatic rings. The van der Waals surface area contributed by atoms with Gasteiger partial charge in [0.2, 0.25) is 0 Å². The van der Waals surface area contributed by atoms with Gasteiger partial charge in [-0.05, 0) is 43.4 Å². The summed E-state index contributed by atoms with van der Waals surface area (Å²) in [5.41, 5.74) is 2.02. The van der Waals surface area contributed by atoms with E-state index in [1.54, 1.807) is 0 Å². The molecular weight excluding hydrogens is 325 g/mol. The molecule has 0 heterocycles. The van der Waals surface area contributed by atoms with Crippen LogP contribution in [0.5, 0.6) is 5.75 Å². The van der Waals surface area contributed by atoms with Crippen molar-refractivity contribution in [2.45, 2.75) is 44.5 Å². The number of halogens is 3. The van der Waals surface area contributed by atoms with Gasteiger partial charge in [0.1, 0.15) is 5.75 Å². The lowest BCUT2D eigenvalue weighted by Crippen LogP contribution is -2.40. The van der Waals surface area contributed by atoms with Crippen molar-refractivity contribution in [1.82, 2.24) is 10.6 Å². The summed E-state index contributed by atoms with van der Waals surface area (Å²) < 4.78 is 42.1. The molecule has 1 aromatic carbocycles. The second-order valence-electron chi connectivity index (χ2n) is 5.59. The molecule has 0 saturated heterocycles. The van der Waals surface area contributed by atoms with Gasteiger partial charge >= 0.3 is 12.2 Å². The number of fused-ring (bicyclic) bond motifs is 1. The highest BCUT2D eigenvalue weighted by atomic mass is 19.4. The number of urea groups is 1. The molecule has 1 aromatic rings. The number of amides is 2. The van der Waals surface area contributed by atoms with Gasteiger partial charge in [0.15, 0.2) is 6.10 Å². The molecule has 2 atom stereocenters. The van der Waals surface area contributed by atoms with Crippen LogP contribution in [0.25, 0.3) is 0 Å². The summed E-state index contributed by atoms with van der Waals surface area (Å²) in [6.07, 6.45) is -6.20. The molecule has 0 fully saturated rings. The van der Waals surface area contributed by atoms with E-state index in [4.69, 9.17) is 9.84 Å². The predicted octanol–water partition coefficient (Wildman–Crippen LogP) is 2.69. The van der Waals surface area contributed by atoms with Gasteiger partial charge in [-0.1, -0.05) is 12.1 Å². The first-order valence-electron chi connectivity index (χ1n) is 7.86. The summed E-state index contributed by atoms with van der Waals surface area (Å²) >= 11 is 0. The van der Waals surface area contributed by atoms with E-state index >= 15 is 0 Å². The molecule has 0 aromatic heterocycles. The molecule has 3 N–H and O–H groups in total. The third-order valence-electron chi connectivity index (χ3n) is 3.91. The molecule has 0 radical (unpaired) electrons. The zero-order valence-electron chi connectivity index (χ0n) is 13.3. The van der Waals surface area contributed by atoms with E-state index in [2.05, 4.69) is 10.6 Å². The van der Waals surface area contributed by atoms with E-state index in [1.165, 1.54) is 0 Å². The van der Waals surface area contributed by atoms with E-state index < -0.39 is 24.7 Å². The summed E-state index contributed by atoms with van der Waals surface area (Å²) in [5.74, 6) is 0.799. The summed E-state index contributed by atoms with van der Waals surface area (Å²) in [5, 5.41) is 14.0. The first-order valence-corrected chi connectivity index (χ1v) is 7.86. The predicted molar refractivity (Wildman–Crippen MR) is 81.9 cm³/mol. The number of benzene rings is 1. The number of nitrogens with one attached hydrogen (secondary N) is 2. The zero-order valence-corrected chi connectivity index (χ0v) is 13.3. The molecule has 2 amide bonds. The molecule has 0 unspecified atom stereocenters. The molecule has 0 aliphatic heterocycles. The largest absolute Gasteiger partial charge is 0.494 e. The van der Waals surface area contributed by atoms with Crippen LogP contribution in [-0.4, -0.2) is 36.6 Å².